The molecule has 2 rings (SSSR count). The van der Waals surface area contributed by atoms with Crippen molar-refractivity contribution < 1.29 is 8.42 Å². The van der Waals surface area contributed by atoms with Crippen molar-refractivity contribution in [1.29, 1.82) is 0 Å². The Balaban J connectivity index is 2.23. The molecule has 0 aromatic carbocycles. The average molecular weight is 299 g/mol. The molecule has 5 nitrogen and oxygen atoms in total. The molecule has 1 fully saturated rings. The van der Waals surface area contributed by atoms with E-state index in [1.807, 2.05) is 25.3 Å². The second-order valence-electron chi connectivity index (χ2n) is 5.72. The summed E-state index contributed by atoms with van der Waals surface area (Å²) in [6, 6.07) is 2.37. The topological polar surface area (TPSA) is 54.3 Å². The fraction of sp³-hybridized carbons (Fsp3) is 0.714. The Morgan fingerprint density at radius 3 is 2.60 bits per heavy atom. The Morgan fingerprint density at radius 2 is 2.10 bits per heavy atom. The molecular formula is C14H25N3O2S. The maximum Gasteiger partial charge on any atom is 0.244 e. The maximum atomic E-state index is 12.5. The molecule has 0 amide bonds. The van der Waals surface area contributed by atoms with Crippen molar-refractivity contribution in [3.63, 3.8) is 0 Å². The lowest BCUT2D eigenvalue weighted by Crippen LogP contribution is -2.32. The van der Waals surface area contributed by atoms with E-state index in [1.54, 1.807) is 19.3 Å². The molecule has 20 heavy (non-hydrogen) atoms. The smallest absolute Gasteiger partial charge is 0.244 e. The molecule has 6 heteroatoms. The summed E-state index contributed by atoms with van der Waals surface area (Å²) in [5.41, 5.74) is 1.04. The Labute approximate surface area is 122 Å². The number of hydrogen-bond donors (Lipinski definition) is 1. The molecule has 1 N–H and O–H groups in total. The minimum absolute atomic E-state index is 0.0435. The Kier molecular flexibility index (Phi) is 4.56. The third-order valence-electron chi connectivity index (χ3n) is 3.85. The highest BCUT2D eigenvalue weighted by Crippen LogP contribution is 2.22. The SMILES string of the molecule is CCn1cc(S(=O)(=O)N(C)C(C)C)cc1CNC1CC1. The molecule has 0 radical (unpaired) electrons. The largest absolute Gasteiger partial charge is 0.349 e. The summed E-state index contributed by atoms with van der Waals surface area (Å²) >= 11 is 0. The van der Waals surface area contributed by atoms with Crippen LogP contribution < -0.4 is 5.32 Å². The number of aromatic nitrogens is 1. The van der Waals surface area contributed by atoms with E-state index >= 15 is 0 Å². The molecule has 0 saturated heterocycles. The highest BCUT2D eigenvalue weighted by atomic mass is 32.2. The molecule has 1 aliphatic carbocycles. The summed E-state index contributed by atoms with van der Waals surface area (Å²) < 4.78 is 28.4. The van der Waals surface area contributed by atoms with Gasteiger partial charge in [0.2, 0.25) is 10.0 Å². The van der Waals surface area contributed by atoms with Gasteiger partial charge in [0.25, 0.3) is 0 Å². The van der Waals surface area contributed by atoms with Crippen LogP contribution in [-0.2, 0) is 23.1 Å². The molecule has 1 aromatic rings. The van der Waals surface area contributed by atoms with Crippen molar-refractivity contribution in [2.45, 2.75) is 63.7 Å². The van der Waals surface area contributed by atoms with Gasteiger partial charge >= 0.3 is 0 Å². The average Bonchev–Trinajstić information content (AvgIpc) is 3.13. The van der Waals surface area contributed by atoms with Gasteiger partial charge in [-0.3, -0.25) is 0 Å². The molecule has 0 atom stereocenters. The number of rotatable bonds is 7. The van der Waals surface area contributed by atoms with E-state index in [0.717, 1.165) is 18.8 Å². The minimum atomic E-state index is -3.39. The number of aryl methyl sites for hydroxylation is 1. The van der Waals surface area contributed by atoms with E-state index in [1.165, 1.54) is 17.1 Å². The van der Waals surface area contributed by atoms with Gasteiger partial charge in [0, 0.05) is 44.1 Å². The summed E-state index contributed by atoms with van der Waals surface area (Å²) in [4.78, 5) is 0.392. The first-order valence-electron chi connectivity index (χ1n) is 7.26. The highest BCUT2D eigenvalue weighted by Gasteiger charge is 2.26. The molecule has 114 valence electrons. The van der Waals surface area contributed by atoms with Crippen LogP contribution in [0.15, 0.2) is 17.2 Å². The summed E-state index contributed by atoms with van der Waals surface area (Å²) in [7, 11) is -1.76. The molecule has 1 saturated carbocycles. The van der Waals surface area contributed by atoms with E-state index in [0.29, 0.717) is 10.9 Å². The molecule has 0 unspecified atom stereocenters. The molecule has 0 spiro atoms. The van der Waals surface area contributed by atoms with E-state index in [2.05, 4.69) is 5.32 Å². The number of hydrogen-bond acceptors (Lipinski definition) is 3. The van der Waals surface area contributed by atoms with Crippen molar-refractivity contribution in [3.05, 3.63) is 18.0 Å². The molecular weight excluding hydrogens is 274 g/mol. The Hall–Kier alpha value is -0.850. The van der Waals surface area contributed by atoms with Crippen LogP contribution in [0.25, 0.3) is 0 Å². The summed E-state index contributed by atoms with van der Waals surface area (Å²) in [6.07, 6.45) is 4.21. The standard InChI is InChI=1S/C14H25N3O2S/c1-5-17-10-14(20(18,19)16(4)11(2)3)8-13(17)9-15-12-6-7-12/h8,10-12,15H,5-7,9H2,1-4H3. The molecule has 1 aliphatic rings. The summed E-state index contributed by atoms with van der Waals surface area (Å²) in [5.74, 6) is 0. The third-order valence-corrected chi connectivity index (χ3v) is 5.85. The molecule has 0 bridgehead atoms. The van der Waals surface area contributed by atoms with Gasteiger partial charge in [-0.05, 0) is 39.7 Å². The minimum Gasteiger partial charge on any atom is -0.349 e. The molecule has 0 aliphatic heterocycles. The Bertz CT molecular complexity index is 559. The molecule has 1 heterocycles. The first-order valence-corrected chi connectivity index (χ1v) is 8.70. The van der Waals surface area contributed by atoms with Crippen molar-refractivity contribution in [2.24, 2.45) is 0 Å². The predicted molar refractivity (Wildman–Crippen MR) is 80.1 cm³/mol. The van der Waals surface area contributed by atoms with Gasteiger partial charge in [-0.25, -0.2) is 8.42 Å². The first-order chi connectivity index (χ1) is 9.36. The zero-order valence-electron chi connectivity index (χ0n) is 12.8. The number of nitrogens with one attached hydrogen (secondary N) is 1. The quantitative estimate of drug-likeness (QED) is 0.835. The van der Waals surface area contributed by atoms with E-state index in [4.69, 9.17) is 0 Å². The van der Waals surface area contributed by atoms with E-state index in [9.17, 15) is 8.42 Å². The lowest BCUT2D eigenvalue weighted by atomic mass is 10.4. The highest BCUT2D eigenvalue weighted by molar-refractivity contribution is 7.89. The van der Waals surface area contributed by atoms with Gasteiger partial charge in [-0.15, -0.1) is 0 Å². The lowest BCUT2D eigenvalue weighted by molar-refractivity contribution is 0.410. The van der Waals surface area contributed by atoms with Crippen LogP contribution in [0.4, 0.5) is 0 Å². The number of nitrogens with zero attached hydrogens (tertiary/aromatic N) is 2. The maximum absolute atomic E-state index is 12.5. The predicted octanol–water partition coefficient (Wildman–Crippen LogP) is 1.79. The van der Waals surface area contributed by atoms with Crippen molar-refractivity contribution in [1.82, 2.24) is 14.2 Å². The van der Waals surface area contributed by atoms with Crippen LogP contribution in [-0.4, -0.2) is 36.4 Å². The van der Waals surface area contributed by atoms with Crippen molar-refractivity contribution >= 4 is 10.0 Å². The van der Waals surface area contributed by atoms with Gasteiger partial charge in [0.1, 0.15) is 4.90 Å². The van der Waals surface area contributed by atoms with Gasteiger partial charge in [0.15, 0.2) is 0 Å². The van der Waals surface area contributed by atoms with Crippen molar-refractivity contribution in [3.8, 4) is 0 Å². The van der Waals surface area contributed by atoms with Crippen LogP contribution in [0.3, 0.4) is 0 Å². The number of sulfonamides is 1. The summed E-state index contributed by atoms with van der Waals surface area (Å²) in [5, 5.41) is 3.44. The normalized spacial score (nSPS) is 16.3. The second-order valence-corrected chi connectivity index (χ2v) is 7.72. The van der Waals surface area contributed by atoms with Crippen LogP contribution in [0.5, 0.6) is 0 Å². The van der Waals surface area contributed by atoms with Gasteiger partial charge < -0.3 is 9.88 Å². The zero-order chi connectivity index (χ0) is 14.9. The first kappa shape index (κ1) is 15.5. The van der Waals surface area contributed by atoms with Gasteiger partial charge in [-0.2, -0.15) is 4.31 Å². The van der Waals surface area contributed by atoms with Crippen LogP contribution >= 0.6 is 0 Å². The third kappa shape index (κ3) is 3.24. The van der Waals surface area contributed by atoms with Crippen molar-refractivity contribution in [2.75, 3.05) is 7.05 Å². The van der Waals surface area contributed by atoms with Gasteiger partial charge in [-0.1, -0.05) is 0 Å². The van der Waals surface area contributed by atoms with Crippen LogP contribution in [0, 0.1) is 0 Å². The van der Waals surface area contributed by atoms with E-state index < -0.39 is 10.0 Å². The monoisotopic (exact) mass is 299 g/mol. The van der Waals surface area contributed by atoms with Crippen LogP contribution in [0.2, 0.25) is 0 Å². The fourth-order valence-corrected chi connectivity index (χ4v) is 3.52. The fourth-order valence-electron chi connectivity index (χ4n) is 2.09. The zero-order valence-corrected chi connectivity index (χ0v) is 13.6. The van der Waals surface area contributed by atoms with E-state index in [-0.39, 0.29) is 6.04 Å². The second kappa shape index (κ2) is 5.87. The van der Waals surface area contributed by atoms with Crippen LogP contribution in [0.1, 0.15) is 39.3 Å². The molecule has 1 aromatic heterocycles. The summed E-state index contributed by atoms with van der Waals surface area (Å²) in [6.45, 7) is 7.30. The van der Waals surface area contributed by atoms with Gasteiger partial charge in [0.05, 0.1) is 0 Å². The Morgan fingerprint density at radius 1 is 1.45 bits per heavy atom. The lowest BCUT2D eigenvalue weighted by Gasteiger charge is -2.19.